The third-order valence-electron chi connectivity index (χ3n) is 1.06. The Morgan fingerprint density at radius 3 is 2.80 bits per heavy atom. The third-order valence-corrected chi connectivity index (χ3v) is 1.06. The molecule has 0 radical (unpaired) electrons. The van der Waals surface area contributed by atoms with Crippen LogP contribution in [0.3, 0.4) is 0 Å². The van der Waals surface area contributed by atoms with E-state index in [4.69, 9.17) is 5.73 Å². The van der Waals surface area contributed by atoms with Gasteiger partial charge in [0.2, 0.25) is 5.91 Å². The van der Waals surface area contributed by atoms with Crippen molar-refractivity contribution in [3.05, 3.63) is 12.2 Å². The molecule has 58 valence electrons. The number of carbonyl (C=O) groups excluding carboxylic acids is 1. The maximum Gasteiger partial charge on any atom is 0.243 e. The van der Waals surface area contributed by atoms with Crippen LogP contribution in [0.1, 0.15) is 13.8 Å². The minimum absolute atomic E-state index is 0.0590. The first-order valence-electron chi connectivity index (χ1n) is 3.34. The smallest absolute Gasteiger partial charge is 0.243 e. The molecule has 0 aromatic rings. The molecule has 0 bridgehead atoms. The maximum atomic E-state index is 10.8. The Bertz CT molecular complexity index is 132. The van der Waals surface area contributed by atoms with E-state index in [-0.39, 0.29) is 11.9 Å². The van der Waals surface area contributed by atoms with Crippen molar-refractivity contribution < 1.29 is 4.79 Å². The van der Waals surface area contributed by atoms with Gasteiger partial charge < -0.3 is 11.1 Å². The summed E-state index contributed by atoms with van der Waals surface area (Å²) in [5, 5.41) is 2.68. The summed E-state index contributed by atoms with van der Waals surface area (Å²) in [6, 6.07) is 0.0590. The van der Waals surface area contributed by atoms with Crippen molar-refractivity contribution in [2.75, 3.05) is 6.54 Å². The van der Waals surface area contributed by atoms with Crippen LogP contribution in [0.2, 0.25) is 0 Å². The Kier molecular flexibility index (Phi) is 4.58. The Hall–Kier alpha value is -0.830. The fourth-order valence-electron chi connectivity index (χ4n) is 0.501. The second-order valence-corrected chi connectivity index (χ2v) is 2.15. The fraction of sp³-hybridized carbons (Fsp3) is 0.571. The van der Waals surface area contributed by atoms with Crippen molar-refractivity contribution in [1.82, 2.24) is 5.32 Å². The van der Waals surface area contributed by atoms with Gasteiger partial charge in [-0.1, -0.05) is 6.08 Å². The molecule has 0 aromatic carbocycles. The average Bonchev–Trinajstić information content (AvgIpc) is 1.88. The average molecular weight is 142 g/mol. The standard InChI is InChI=1S/C7H14N2O/c1-3-4-7(10)9-6(2)5-8/h3-4,6H,5,8H2,1-2H3,(H,9,10)/b4-3+/t6-/m1/s1. The molecule has 0 saturated heterocycles. The molecule has 0 unspecified atom stereocenters. The first-order chi connectivity index (χ1) is 4.70. The zero-order valence-corrected chi connectivity index (χ0v) is 6.42. The van der Waals surface area contributed by atoms with Crippen molar-refractivity contribution in [2.24, 2.45) is 5.73 Å². The molecule has 0 spiro atoms. The molecule has 3 heteroatoms. The molecule has 10 heavy (non-hydrogen) atoms. The van der Waals surface area contributed by atoms with Crippen molar-refractivity contribution in [3.8, 4) is 0 Å². The topological polar surface area (TPSA) is 55.1 Å². The summed E-state index contributed by atoms with van der Waals surface area (Å²) in [6.07, 6.45) is 3.17. The summed E-state index contributed by atoms with van der Waals surface area (Å²) < 4.78 is 0. The van der Waals surface area contributed by atoms with Crippen LogP contribution in [-0.2, 0) is 4.79 Å². The van der Waals surface area contributed by atoms with Crippen molar-refractivity contribution in [2.45, 2.75) is 19.9 Å². The van der Waals surface area contributed by atoms with Gasteiger partial charge in [-0.25, -0.2) is 0 Å². The van der Waals surface area contributed by atoms with Crippen molar-refractivity contribution in [3.63, 3.8) is 0 Å². The lowest BCUT2D eigenvalue weighted by molar-refractivity contribution is -0.117. The molecule has 0 aliphatic carbocycles. The van der Waals surface area contributed by atoms with Crippen LogP contribution in [0.25, 0.3) is 0 Å². The molecule has 3 N–H and O–H groups in total. The van der Waals surface area contributed by atoms with E-state index in [2.05, 4.69) is 5.32 Å². The number of amides is 1. The highest BCUT2D eigenvalue weighted by molar-refractivity contribution is 5.87. The Morgan fingerprint density at radius 2 is 2.40 bits per heavy atom. The lowest BCUT2D eigenvalue weighted by atomic mass is 10.3. The van der Waals surface area contributed by atoms with Crippen molar-refractivity contribution in [1.29, 1.82) is 0 Å². The van der Waals surface area contributed by atoms with Crippen LogP contribution < -0.4 is 11.1 Å². The number of allylic oxidation sites excluding steroid dienone is 1. The number of carbonyl (C=O) groups is 1. The Morgan fingerprint density at radius 1 is 1.80 bits per heavy atom. The first kappa shape index (κ1) is 9.17. The van der Waals surface area contributed by atoms with Gasteiger partial charge in [-0.2, -0.15) is 0 Å². The lowest BCUT2D eigenvalue weighted by Gasteiger charge is -2.07. The molecule has 1 amide bonds. The van der Waals surface area contributed by atoms with Gasteiger partial charge in [0.15, 0.2) is 0 Å². The predicted octanol–water partition coefficient (Wildman–Crippen LogP) is 0.0259. The monoisotopic (exact) mass is 142 g/mol. The van der Waals surface area contributed by atoms with Gasteiger partial charge in [-0.3, -0.25) is 4.79 Å². The van der Waals surface area contributed by atoms with Gasteiger partial charge in [-0.15, -0.1) is 0 Å². The number of nitrogens with two attached hydrogens (primary N) is 1. The maximum absolute atomic E-state index is 10.8. The zero-order valence-electron chi connectivity index (χ0n) is 6.42. The molecule has 3 nitrogen and oxygen atoms in total. The van der Waals surface area contributed by atoms with Crippen molar-refractivity contribution >= 4 is 5.91 Å². The largest absolute Gasteiger partial charge is 0.349 e. The van der Waals surface area contributed by atoms with E-state index in [0.717, 1.165) is 0 Å². The van der Waals surface area contributed by atoms with Gasteiger partial charge >= 0.3 is 0 Å². The van der Waals surface area contributed by atoms with Crippen LogP contribution in [0.15, 0.2) is 12.2 Å². The van der Waals surface area contributed by atoms with Gasteiger partial charge in [0.05, 0.1) is 0 Å². The zero-order chi connectivity index (χ0) is 7.98. The summed E-state index contributed by atoms with van der Waals surface area (Å²) in [4.78, 5) is 10.8. The summed E-state index contributed by atoms with van der Waals surface area (Å²) in [5.41, 5.74) is 5.28. The lowest BCUT2D eigenvalue weighted by Crippen LogP contribution is -2.36. The summed E-state index contributed by atoms with van der Waals surface area (Å²) in [7, 11) is 0. The van der Waals surface area contributed by atoms with Crippen LogP contribution in [0.5, 0.6) is 0 Å². The van der Waals surface area contributed by atoms with Crippen LogP contribution in [-0.4, -0.2) is 18.5 Å². The van der Waals surface area contributed by atoms with E-state index in [0.29, 0.717) is 6.54 Å². The molecule has 0 aliphatic heterocycles. The first-order valence-corrected chi connectivity index (χ1v) is 3.34. The second kappa shape index (κ2) is 4.99. The molecule has 0 fully saturated rings. The molecular weight excluding hydrogens is 128 g/mol. The molecule has 0 aliphatic rings. The van der Waals surface area contributed by atoms with Gasteiger partial charge in [0.1, 0.15) is 0 Å². The normalized spacial score (nSPS) is 13.5. The van der Waals surface area contributed by atoms with Crippen LogP contribution in [0.4, 0.5) is 0 Å². The Balaban J connectivity index is 3.57. The summed E-state index contributed by atoms with van der Waals surface area (Å²) in [6.45, 7) is 4.14. The van der Waals surface area contributed by atoms with Crippen LogP contribution in [0, 0.1) is 0 Å². The van der Waals surface area contributed by atoms with E-state index in [1.54, 1.807) is 13.0 Å². The molecule has 0 rings (SSSR count). The number of nitrogens with one attached hydrogen (secondary N) is 1. The number of rotatable bonds is 3. The van der Waals surface area contributed by atoms with Crippen LogP contribution >= 0.6 is 0 Å². The van der Waals surface area contributed by atoms with E-state index in [9.17, 15) is 4.79 Å². The molecule has 0 heterocycles. The van der Waals surface area contributed by atoms with E-state index >= 15 is 0 Å². The quantitative estimate of drug-likeness (QED) is 0.546. The highest BCUT2D eigenvalue weighted by atomic mass is 16.1. The van der Waals surface area contributed by atoms with Gasteiger partial charge in [0, 0.05) is 12.6 Å². The SMILES string of the molecule is C/C=C/C(=O)N[C@H](C)CN. The molecule has 0 saturated carbocycles. The fourth-order valence-corrected chi connectivity index (χ4v) is 0.501. The van der Waals surface area contributed by atoms with E-state index < -0.39 is 0 Å². The molecular formula is C7H14N2O. The minimum atomic E-state index is -0.0829. The summed E-state index contributed by atoms with van der Waals surface area (Å²) in [5.74, 6) is -0.0829. The van der Waals surface area contributed by atoms with Gasteiger partial charge in [0.25, 0.3) is 0 Å². The molecule has 1 atom stereocenters. The van der Waals surface area contributed by atoms with E-state index in [1.807, 2.05) is 6.92 Å². The Labute approximate surface area is 61.3 Å². The molecule has 0 aromatic heterocycles. The second-order valence-electron chi connectivity index (χ2n) is 2.15. The third kappa shape index (κ3) is 4.09. The predicted molar refractivity (Wildman–Crippen MR) is 41.5 cm³/mol. The van der Waals surface area contributed by atoms with E-state index in [1.165, 1.54) is 6.08 Å². The highest BCUT2D eigenvalue weighted by Gasteiger charge is 1.99. The highest BCUT2D eigenvalue weighted by Crippen LogP contribution is 1.77. The number of hydrogen-bond acceptors (Lipinski definition) is 2. The minimum Gasteiger partial charge on any atom is -0.349 e. The number of hydrogen-bond donors (Lipinski definition) is 2. The summed E-state index contributed by atoms with van der Waals surface area (Å²) >= 11 is 0. The van der Waals surface area contributed by atoms with Gasteiger partial charge in [-0.05, 0) is 19.9 Å².